The molecule has 0 saturated heterocycles. The summed E-state index contributed by atoms with van der Waals surface area (Å²) in [6.45, 7) is 0. The third kappa shape index (κ3) is 5.88. The lowest BCUT2D eigenvalue weighted by Crippen LogP contribution is -2.28. The van der Waals surface area contributed by atoms with E-state index in [9.17, 15) is 0 Å². The van der Waals surface area contributed by atoms with Gasteiger partial charge in [0.05, 0.1) is 16.5 Å². The summed E-state index contributed by atoms with van der Waals surface area (Å²) < 4.78 is 0. The molecule has 0 fully saturated rings. The van der Waals surface area contributed by atoms with Gasteiger partial charge in [-0.15, -0.1) is 0 Å². The molecular formula is C72H48N2. The zero-order valence-electron chi connectivity index (χ0n) is 40.6. The van der Waals surface area contributed by atoms with Crippen LogP contribution in [0.5, 0.6) is 0 Å². The van der Waals surface area contributed by atoms with Crippen LogP contribution in [0.3, 0.4) is 0 Å². The molecular weight excluding hydrogens is 893 g/mol. The summed E-state index contributed by atoms with van der Waals surface area (Å²) in [5.74, 6) is 0. The molecule has 0 radical (unpaired) electrons. The van der Waals surface area contributed by atoms with E-state index < -0.39 is 10.8 Å². The SMILES string of the molecule is c1ccc(N(c2ccccc2)c2ccc3c(c2)C2(c4ccccc4-3)c3ccccc3-c3cc(N(c4ccccc4)c4ccc5c(c4)C(c4ccccc4)(c4ccccc4)c4ccccc4-5)c4ccccc4c32)cc1. The van der Waals surface area contributed by atoms with Crippen molar-refractivity contribution in [1.29, 1.82) is 0 Å². The summed E-state index contributed by atoms with van der Waals surface area (Å²) in [6, 6.07) is 108. The first-order valence-electron chi connectivity index (χ1n) is 25.8. The second-order valence-electron chi connectivity index (χ2n) is 19.9. The first-order chi connectivity index (χ1) is 36.7. The minimum absolute atomic E-state index is 0.545. The van der Waals surface area contributed by atoms with Gasteiger partial charge in [0.25, 0.3) is 0 Å². The molecule has 15 rings (SSSR count). The second kappa shape index (κ2) is 16.5. The molecule has 0 bridgehead atoms. The molecule has 2 nitrogen and oxygen atoms in total. The van der Waals surface area contributed by atoms with Gasteiger partial charge in [0.1, 0.15) is 0 Å². The van der Waals surface area contributed by atoms with Crippen molar-refractivity contribution in [3.8, 4) is 33.4 Å². The van der Waals surface area contributed by atoms with Gasteiger partial charge in [0.2, 0.25) is 0 Å². The first kappa shape index (κ1) is 42.2. The number of nitrogens with zero attached hydrogens (tertiary/aromatic N) is 2. The van der Waals surface area contributed by atoms with Gasteiger partial charge in [0, 0.05) is 33.8 Å². The van der Waals surface area contributed by atoms with Crippen LogP contribution in [0, 0.1) is 0 Å². The number of fused-ring (bicyclic) bond motifs is 15. The van der Waals surface area contributed by atoms with Crippen molar-refractivity contribution >= 4 is 44.9 Å². The highest BCUT2D eigenvalue weighted by Crippen LogP contribution is 2.66. The maximum atomic E-state index is 2.52. The largest absolute Gasteiger partial charge is 0.310 e. The molecule has 0 saturated carbocycles. The molecule has 3 aliphatic carbocycles. The van der Waals surface area contributed by atoms with Crippen LogP contribution in [0.2, 0.25) is 0 Å². The number of para-hydroxylation sites is 3. The molecule has 12 aromatic carbocycles. The lowest BCUT2D eigenvalue weighted by Gasteiger charge is -2.35. The predicted molar refractivity (Wildman–Crippen MR) is 307 cm³/mol. The molecule has 346 valence electrons. The van der Waals surface area contributed by atoms with Gasteiger partial charge < -0.3 is 9.80 Å². The molecule has 1 spiro atoms. The molecule has 0 amide bonds. The molecule has 0 aromatic heterocycles. The zero-order valence-corrected chi connectivity index (χ0v) is 40.6. The minimum Gasteiger partial charge on any atom is -0.310 e. The van der Waals surface area contributed by atoms with Crippen molar-refractivity contribution in [3.63, 3.8) is 0 Å². The Morgan fingerprint density at radius 1 is 0.216 bits per heavy atom. The van der Waals surface area contributed by atoms with E-state index in [0.717, 1.165) is 34.1 Å². The summed E-state index contributed by atoms with van der Waals surface area (Å²) >= 11 is 0. The van der Waals surface area contributed by atoms with Crippen molar-refractivity contribution in [3.05, 3.63) is 336 Å². The van der Waals surface area contributed by atoms with Crippen molar-refractivity contribution in [1.82, 2.24) is 0 Å². The topological polar surface area (TPSA) is 6.48 Å². The van der Waals surface area contributed by atoms with Crippen LogP contribution in [-0.2, 0) is 10.8 Å². The first-order valence-corrected chi connectivity index (χ1v) is 25.8. The highest BCUT2D eigenvalue weighted by Gasteiger charge is 2.53. The number of anilines is 6. The van der Waals surface area contributed by atoms with E-state index in [0.29, 0.717) is 0 Å². The van der Waals surface area contributed by atoms with Crippen LogP contribution in [0.25, 0.3) is 44.2 Å². The van der Waals surface area contributed by atoms with Crippen molar-refractivity contribution in [2.45, 2.75) is 10.8 Å². The van der Waals surface area contributed by atoms with Crippen molar-refractivity contribution < 1.29 is 0 Å². The van der Waals surface area contributed by atoms with E-state index in [-0.39, 0.29) is 0 Å². The molecule has 0 N–H and O–H groups in total. The fraction of sp³-hybridized carbons (Fsp3) is 0.0278. The van der Waals surface area contributed by atoms with E-state index >= 15 is 0 Å². The molecule has 12 aromatic rings. The Morgan fingerprint density at radius 3 is 1.07 bits per heavy atom. The Labute approximate surface area is 432 Å². The second-order valence-corrected chi connectivity index (χ2v) is 19.9. The lowest BCUT2D eigenvalue weighted by atomic mass is 9.67. The van der Waals surface area contributed by atoms with Crippen LogP contribution >= 0.6 is 0 Å². The third-order valence-corrected chi connectivity index (χ3v) is 16.3. The van der Waals surface area contributed by atoms with Crippen LogP contribution in [0.1, 0.15) is 44.5 Å². The fourth-order valence-electron chi connectivity index (χ4n) is 13.5. The van der Waals surface area contributed by atoms with Crippen LogP contribution in [-0.4, -0.2) is 0 Å². The standard InChI is InChI=1S/C72H48N2/c1-6-24-49(25-7-1)71(50-26-8-2-9-27-50)64-39-21-18-34-56(64)59-45-43-55(47-67(59)71)74(53-32-14-5-15-33-53)69-48-63-58-36-20-23-41-66(58)72(70(63)62-38-17-16-37-61(62)69)65-40-22-19-35-57(65)60-44-42-54(46-68(60)72)73(51-28-10-3-11-29-51)52-30-12-4-13-31-52/h1-48H. The quantitative estimate of drug-likeness (QED) is 0.150. The smallest absolute Gasteiger partial charge is 0.0732 e. The zero-order chi connectivity index (χ0) is 48.8. The van der Waals surface area contributed by atoms with Crippen molar-refractivity contribution in [2.75, 3.05) is 9.80 Å². The number of rotatable bonds is 8. The predicted octanol–water partition coefficient (Wildman–Crippen LogP) is 18.5. The highest BCUT2D eigenvalue weighted by atomic mass is 15.1. The Balaban J connectivity index is 1.01. The average molecular weight is 941 g/mol. The normalized spacial score (nSPS) is 14.9. The van der Waals surface area contributed by atoms with Gasteiger partial charge in [-0.25, -0.2) is 0 Å². The van der Waals surface area contributed by atoms with Gasteiger partial charge in [-0.3, -0.25) is 0 Å². The molecule has 1 atom stereocenters. The van der Waals surface area contributed by atoms with Gasteiger partial charge >= 0.3 is 0 Å². The van der Waals surface area contributed by atoms with E-state index in [2.05, 4.69) is 301 Å². The molecule has 3 aliphatic rings. The molecule has 74 heavy (non-hydrogen) atoms. The van der Waals surface area contributed by atoms with Gasteiger partial charge in [-0.1, -0.05) is 224 Å². The molecule has 1 unspecified atom stereocenters. The van der Waals surface area contributed by atoms with Gasteiger partial charge in [-0.2, -0.15) is 0 Å². The Bertz CT molecular complexity index is 4050. The fourth-order valence-corrected chi connectivity index (χ4v) is 13.5. The summed E-state index contributed by atoms with van der Waals surface area (Å²) in [4.78, 5) is 4.92. The highest BCUT2D eigenvalue weighted by molar-refractivity contribution is 6.10. The maximum absolute atomic E-state index is 2.52. The summed E-state index contributed by atoms with van der Waals surface area (Å²) in [5, 5.41) is 2.44. The van der Waals surface area contributed by atoms with E-state index in [1.165, 1.54) is 88.7 Å². The summed E-state index contributed by atoms with van der Waals surface area (Å²) in [6.07, 6.45) is 0. The molecule has 0 aliphatic heterocycles. The molecule has 0 heterocycles. The summed E-state index contributed by atoms with van der Waals surface area (Å²) in [7, 11) is 0. The minimum atomic E-state index is -0.604. The Hall–Kier alpha value is -9.50. The Kier molecular flexibility index (Phi) is 9.43. The van der Waals surface area contributed by atoms with Gasteiger partial charge in [-0.05, 0) is 150 Å². The van der Waals surface area contributed by atoms with Crippen LogP contribution in [0.4, 0.5) is 34.1 Å². The average Bonchev–Trinajstić information content (AvgIpc) is 4.09. The van der Waals surface area contributed by atoms with Crippen LogP contribution in [0.15, 0.2) is 291 Å². The van der Waals surface area contributed by atoms with Crippen molar-refractivity contribution in [2.24, 2.45) is 0 Å². The van der Waals surface area contributed by atoms with Gasteiger partial charge in [0.15, 0.2) is 0 Å². The van der Waals surface area contributed by atoms with Crippen LogP contribution < -0.4 is 9.80 Å². The molecule has 2 heteroatoms. The summed E-state index contributed by atoms with van der Waals surface area (Å²) in [5.41, 5.74) is 23.5. The van der Waals surface area contributed by atoms with E-state index in [4.69, 9.17) is 0 Å². The third-order valence-electron chi connectivity index (χ3n) is 16.3. The van der Waals surface area contributed by atoms with E-state index in [1.807, 2.05) is 0 Å². The number of benzene rings is 12. The maximum Gasteiger partial charge on any atom is 0.0732 e. The number of hydrogen-bond acceptors (Lipinski definition) is 2. The van der Waals surface area contributed by atoms with E-state index in [1.54, 1.807) is 0 Å². The number of hydrogen-bond donors (Lipinski definition) is 0. The monoisotopic (exact) mass is 940 g/mol. The Morgan fingerprint density at radius 2 is 0.568 bits per heavy atom. The lowest BCUT2D eigenvalue weighted by molar-refractivity contribution is 0.768.